The van der Waals surface area contributed by atoms with Crippen LogP contribution >= 0.6 is 0 Å². The normalized spacial score (nSPS) is 32.9. The monoisotopic (exact) mass is 339 g/mol. The molecule has 4 saturated carbocycles. The molecule has 1 N–H and O–H groups in total. The first-order valence-corrected chi connectivity index (χ1v) is 9.62. The van der Waals surface area contributed by atoms with E-state index in [1.54, 1.807) is 0 Å². The number of amides is 1. The summed E-state index contributed by atoms with van der Waals surface area (Å²) >= 11 is 0. The van der Waals surface area contributed by atoms with Crippen LogP contribution in [0.2, 0.25) is 0 Å². The van der Waals surface area contributed by atoms with Crippen LogP contribution in [-0.2, 0) is 0 Å². The fraction of sp³-hybridized carbons (Fsp3) is 0.571. The first-order chi connectivity index (χ1) is 12.1. The molecule has 132 valence electrons. The van der Waals surface area contributed by atoms with Gasteiger partial charge in [0.1, 0.15) is 0 Å². The summed E-state index contributed by atoms with van der Waals surface area (Å²) in [7, 11) is 0. The van der Waals surface area contributed by atoms with E-state index in [9.17, 15) is 4.79 Å². The standard InChI is InChI=1S/C21H25NO3/c1-2-24-17-5-3-4-16-9-18(25-19(16)17)20(23)22-21-10-13-6-14(11-21)8-15(7-13)12-21/h3-5,9,13-15H,2,6-8,10-12H2,1H3,(H,22,23). The van der Waals surface area contributed by atoms with Crippen LogP contribution in [-0.4, -0.2) is 18.1 Å². The maximum absolute atomic E-state index is 12.9. The van der Waals surface area contributed by atoms with Crippen LogP contribution in [0.15, 0.2) is 28.7 Å². The van der Waals surface area contributed by atoms with E-state index >= 15 is 0 Å². The zero-order valence-electron chi connectivity index (χ0n) is 14.7. The molecule has 4 aliphatic rings. The van der Waals surface area contributed by atoms with Crippen LogP contribution < -0.4 is 10.1 Å². The van der Waals surface area contributed by atoms with Gasteiger partial charge < -0.3 is 14.5 Å². The Hall–Kier alpha value is -1.97. The number of hydrogen-bond donors (Lipinski definition) is 1. The van der Waals surface area contributed by atoms with Gasteiger partial charge in [-0.15, -0.1) is 0 Å². The van der Waals surface area contributed by atoms with Gasteiger partial charge in [0.15, 0.2) is 17.1 Å². The lowest BCUT2D eigenvalue weighted by Gasteiger charge is -2.56. The maximum atomic E-state index is 12.9. The number of rotatable bonds is 4. The van der Waals surface area contributed by atoms with Gasteiger partial charge in [0.25, 0.3) is 5.91 Å². The molecule has 0 atom stereocenters. The lowest BCUT2D eigenvalue weighted by atomic mass is 9.53. The van der Waals surface area contributed by atoms with E-state index in [1.165, 1.54) is 19.3 Å². The second kappa shape index (κ2) is 5.52. The van der Waals surface area contributed by atoms with Crippen molar-refractivity contribution >= 4 is 16.9 Å². The van der Waals surface area contributed by atoms with Crippen molar-refractivity contribution in [2.75, 3.05) is 6.61 Å². The van der Waals surface area contributed by atoms with Gasteiger partial charge in [-0.1, -0.05) is 12.1 Å². The molecule has 1 amide bonds. The minimum Gasteiger partial charge on any atom is -0.490 e. The summed E-state index contributed by atoms with van der Waals surface area (Å²) in [5.41, 5.74) is 0.674. The van der Waals surface area contributed by atoms with E-state index in [-0.39, 0.29) is 11.4 Å². The quantitative estimate of drug-likeness (QED) is 0.890. The van der Waals surface area contributed by atoms with E-state index in [1.807, 2.05) is 31.2 Å². The van der Waals surface area contributed by atoms with Crippen molar-refractivity contribution in [1.29, 1.82) is 0 Å². The number of hydrogen-bond acceptors (Lipinski definition) is 3. The zero-order valence-corrected chi connectivity index (χ0v) is 14.7. The van der Waals surface area contributed by atoms with Crippen molar-refractivity contribution in [1.82, 2.24) is 5.32 Å². The average molecular weight is 339 g/mol. The zero-order chi connectivity index (χ0) is 17.0. The number of nitrogens with one attached hydrogen (secondary N) is 1. The Morgan fingerprint density at radius 3 is 2.52 bits per heavy atom. The molecule has 2 aromatic rings. The Labute approximate surface area is 147 Å². The molecule has 4 heteroatoms. The summed E-state index contributed by atoms with van der Waals surface area (Å²) < 4.78 is 11.5. The highest BCUT2D eigenvalue weighted by molar-refractivity contribution is 5.97. The van der Waals surface area contributed by atoms with Crippen LogP contribution in [0.4, 0.5) is 0 Å². The molecule has 0 spiro atoms. The smallest absolute Gasteiger partial charge is 0.287 e. The van der Waals surface area contributed by atoms with Crippen molar-refractivity contribution in [3.63, 3.8) is 0 Å². The summed E-state index contributed by atoms with van der Waals surface area (Å²) in [6, 6.07) is 7.62. The van der Waals surface area contributed by atoms with Gasteiger partial charge in [-0.25, -0.2) is 0 Å². The maximum Gasteiger partial charge on any atom is 0.287 e. The molecule has 6 rings (SSSR count). The van der Waals surface area contributed by atoms with E-state index in [0.717, 1.165) is 42.4 Å². The molecule has 0 aliphatic heterocycles. The van der Waals surface area contributed by atoms with E-state index in [2.05, 4.69) is 5.32 Å². The molecular weight excluding hydrogens is 314 g/mol. The molecule has 1 aromatic heterocycles. The van der Waals surface area contributed by atoms with E-state index in [4.69, 9.17) is 9.15 Å². The molecule has 4 fully saturated rings. The van der Waals surface area contributed by atoms with Crippen molar-refractivity contribution in [2.45, 2.75) is 51.0 Å². The minimum atomic E-state index is -0.0689. The van der Waals surface area contributed by atoms with Crippen LogP contribution in [0.3, 0.4) is 0 Å². The molecule has 1 heterocycles. The summed E-state index contributed by atoms with van der Waals surface area (Å²) in [6.07, 6.45) is 7.56. The predicted molar refractivity (Wildman–Crippen MR) is 95.8 cm³/mol. The van der Waals surface area contributed by atoms with Gasteiger partial charge in [-0.2, -0.15) is 0 Å². The molecule has 0 unspecified atom stereocenters. The Morgan fingerprint density at radius 1 is 1.20 bits per heavy atom. The van der Waals surface area contributed by atoms with Gasteiger partial charge in [0.05, 0.1) is 6.61 Å². The van der Waals surface area contributed by atoms with Crippen LogP contribution in [0.5, 0.6) is 5.75 Å². The fourth-order valence-electron chi connectivity index (χ4n) is 5.98. The first kappa shape index (κ1) is 15.3. The average Bonchev–Trinajstić information content (AvgIpc) is 2.99. The lowest BCUT2D eigenvalue weighted by Crippen LogP contribution is -2.59. The Kier molecular flexibility index (Phi) is 3.37. The van der Waals surface area contributed by atoms with Gasteiger partial charge in [-0.3, -0.25) is 4.79 Å². The van der Waals surface area contributed by atoms with E-state index < -0.39 is 0 Å². The summed E-state index contributed by atoms with van der Waals surface area (Å²) in [6.45, 7) is 2.52. The van der Waals surface area contributed by atoms with Gasteiger partial charge in [0, 0.05) is 10.9 Å². The Bertz CT molecular complexity index is 786. The van der Waals surface area contributed by atoms with Crippen LogP contribution in [0.1, 0.15) is 56.0 Å². The molecule has 0 saturated heterocycles. The minimum absolute atomic E-state index is 0.00750. The third-order valence-corrected chi connectivity index (χ3v) is 6.45. The Balaban J connectivity index is 1.41. The van der Waals surface area contributed by atoms with Crippen molar-refractivity contribution in [3.05, 3.63) is 30.0 Å². The number of ether oxygens (including phenoxy) is 1. The molecule has 25 heavy (non-hydrogen) atoms. The highest BCUT2D eigenvalue weighted by Crippen LogP contribution is 2.55. The molecule has 4 nitrogen and oxygen atoms in total. The molecule has 1 aromatic carbocycles. The molecule has 4 aliphatic carbocycles. The number of para-hydroxylation sites is 1. The number of benzene rings is 1. The molecule has 0 radical (unpaired) electrons. The molecular formula is C21H25NO3. The summed E-state index contributed by atoms with van der Waals surface area (Å²) in [5.74, 6) is 3.47. The second-order valence-corrected chi connectivity index (χ2v) is 8.37. The first-order valence-electron chi connectivity index (χ1n) is 9.62. The number of carbonyl (C=O) groups is 1. The van der Waals surface area contributed by atoms with Gasteiger partial charge >= 0.3 is 0 Å². The third kappa shape index (κ3) is 2.54. The third-order valence-electron chi connectivity index (χ3n) is 6.45. The Morgan fingerprint density at radius 2 is 1.88 bits per heavy atom. The lowest BCUT2D eigenvalue weighted by molar-refractivity contribution is -0.0171. The largest absolute Gasteiger partial charge is 0.490 e. The molecule has 4 bridgehead atoms. The highest BCUT2D eigenvalue weighted by Gasteiger charge is 2.51. The number of furan rings is 1. The second-order valence-electron chi connectivity index (χ2n) is 8.37. The summed E-state index contributed by atoms with van der Waals surface area (Å²) in [5, 5.41) is 4.30. The number of carbonyl (C=O) groups excluding carboxylic acids is 1. The fourth-order valence-corrected chi connectivity index (χ4v) is 5.98. The topological polar surface area (TPSA) is 51.5 Å². The van der Waals surface area contributed by atoms with Crippen LogP contribution in [0, 0.1) is 17.8 Å². The van der Waals surface area contributed by atoms with Gasteiger partial charge in [-0.05, 0) is 75.3 Å². The number of fused-ring (bicyclic) bond motifs is 1. The van der Waals surface area contributed by atoms with Crippen molar-refractivity contribution < 1.29 is 13.9 Å². The van der Waals surface area contributed by atoms with Crippen LogP contribution in [0.25, 0.3) is 11.0 Å². The van der Waals surface area contributed by atoms with Gasteiger partial charge in [0.2, 0.25) is 0 Å². The SMILES string of the molecule is CCOc1cccc2cc(C(=O)NC34CC5CC(CC(C5)C3)C4)oc12. The van der Waals surface area contributed by atoms with Crippen molar-refractivity contribution in [3.8, 4) is 5.75 Å². The predicted octanol–water partition coefficient (Wildman–Crippen LogP) is 4.53. The van der Waals surface area contributed by atoms with E-state index in [0.29, 0.717) is 23.7 Å². The van der Waals surface area contributed by atoms with Crippen molar-refractivity contribution in [2.24, 2.45) is 17.8 Å². The highest BCUT2D eigenvalue weighted by atomic mass is 16.5. The summed E-state index contributed by atoms with van der Waals surface area (Å²) in [4.78, 5) is 12.9.